The van der Waals surface area contributed by atoms with Crippen LogP contribution < -0.4 is 0 Å². The number of rotatable bonds is 11. The summed E-state index contributed by atoms with van der Waals surface area (Å²) in [7, 11) is 0.852. The fourth-order valence-electron chi connectivity index (χ4n) is 2.27. The van der Waals surface area contributed by atoms with Crippen LogP contribution in [0.15, 0.2) is 0 Å². The molecule has 8 heteroatoms. The highest BCUT2D eigenvalue weighted by Crippen LogP contribution is 2.25. The van der Waals surface area contributed by atoms with Crippen molar-refractivity contribution in [2.24, 2.45) is 0 Å². The lowest BCUT2D eigenvalue weighted by molar-refractivity contribution is 0.181. The van der Waals surface area contributed by atoms with Gasteiger partial charge in [-0.1, -0.05) is 64.7 Å². The molecule has 7 nitrogen and oxygen atoms in total. The van der Waals surface area contributed by atoms with Gasteiger partial charge in [0.1, 0.15) is 0 Å². The molecule has 0 atom stereocenters. The van der Waals surface area contributed by atoms with Crippen molar-refractivity contribution in [3.8, 4) is 0 Å². The number of amides is 2. The van der Waals surface area contributed by atoms with E-state index in [1.165, 1.54) is 57.8 Å². The summed E-state index contributed by atoms with van der Waals surface area (Å²) in [6.07, 6.45) is 13.4. The average molecular weight is 368 g/mol. The number of phosphoric acid groups is 1. The first kappa shape index (κ1) is 25.6. The summed E-state index contributed by atoms with van der Waals surface area (Å²) in [6.45, 7) is 3.14. The van der Waals surface area contributed by atoms with Crippen molar-refractivity contribution in [2.75, 3.05) is 27.7 Å². The number of urea groups is 1. The van der Waals surface area contributed by atoms with Gasteiger partial charge in [-0.25, -0.2) is 9.36 Å². The van der Waals surface area contributed by atoms with Crippen molar-refractivity contribution in [1.29, 1.82) is 0 Å². The van der Waals surface area contributed by atoms with Gasteiger partial charge in [0.2, 0.25) is 0 Å². The molecule has 0 aliphatic rings. The molecular weight excluding hydrogens is 331 g/mol. The van der Waals surface area contributed by atoms with Crippen molar-refractivity contribution >= 4 is 13.9 Å². The maximum atomic E-state index is 11.6. The molecule has 146 valence electrons. The van der Waals surface area contributed by atoms with Crippen LogP contribution in [0, 0.1) is 0 Å². The number of carbonyl (C=O) groups is 1. The summed E-state index contributed by atoms with van der Waals surface area (Å²) >= 11 is 0. The molecule has 0 bridgehead atoms. The first-order valence-electron chi connectivity index (χ1n) is 8.80. The number of hydrogen-bond acceptors (Lipinski definition) is 2. The summed E-state index contributed by atoms with van der Waals surface area (Å²) in [5.41, 5.74) is 0. The second-order valence-corrected chi connectivity index (χ2v) is 7.32. The van der Waals surface area contributed by atoms with E-state index in [-0.39, 0.29) is 6.03 Å². The second kappa shape index (κ2) is 15.9. The zero-order valence-corrected chi connectivity index (χ0v) is 16.7. The summed E-state index contributed by atoms with van der Waals surface area (Å²) in [5, 5.41) is 0. The van der Waals surface area contributed by atoms with Crippen LogP contribution in [0.4, 0.5) is 4.79 Å². The Bertz CT molecular complexity index is 339. The van der Waals surface area contributed by atoms with Gasteiger partial charge in [0.05, 0.1) is 0 Å². The molecule has 3 N–H and O–H groups in total. The number of nitrogens with zero attached hydrogens (tertiary/aromatic N) is 2. The molecule has 0 rings (SSSR count). The monoisotopic (exact) mass is 368 g/mol. The quantitative estimate of drug-likeness (QED) is 0.382. The highest BCUT2D eigenvalue weighted by molar-refractivity contribution is 7.45. The van der Waals surface area contributed by atoms with E-state index in [4.69, 9.17) is 19.2 Å². The van der Waals surface area contributed by atoms with E-state index in [0.29, 0.717) is 0 Å². The topological polar surface area (TPSA) is 101 Å². The molecule has 0 aromatic rings. The van der Waals surface area contributed by atoms with Crippen molar-refractivity contribution in [1.82, 2.24) is 9.80 Å². The highest BCUT2D eigenvalue weighted by atomic mass is 31.2. The van der Waals surface area contributed by atoms with Gasteiger partial charge < -0.3 is 24.5 Å². The Morgan fingerprint density at radius 3 is 1.46 bits per heavy atom. The molecule has 2 amide bonds. The van der Waals surface area contributed by atoms with Crippen LogP contribution in [0.5, 0.6) is 0 Å². The lowest BCUT2D eigenvalue weighted by atomic mass is 10.1. The SMILES string of the molecule is CCCCCCCCCCCCN(C)C(=O)N(C)C.O=P(O)(O)O. The van der Waals surface area contributed by atoms with E-state index in [2.05, 4.69) is 6.92 Å². The molecule has 0 saturated carbocycles. The van der Waals surface area contributed by atoms with Crippen molar-refractivity contribution in [3.63, 3.8) is 0 Å². The molecule has 0 spiro atoms. The Labute approximate surface area is 147 Å². The van der Waals surface area contributed by atoms with Gasteiger partial charge in [0.25, 0.3) is 0 Å². The maximum Gasteiger partial charge on any atom is 0.466 e. The maximum absolute atomic E-state index is 11.6. The standard InChI is InChI=1S/C16H34N2O.H3O4P/c1-5-6-7-8-9-10-11-12-13-14-15-18(4)16(19)17(2)3;1-5(2,3)4/h5-15H2,1-4H3;(H3,1,2,3,4). The summed E-state index contributed by atoms with van der Waals surface area (Å²) < 4.78 is 8.88. The fourth-order valence-corrected chi connectivity index (χ4v) is 2.27. The van der Waals surface area contributed by atoms with Crippen LogP contribution in [-0.2, 0) is 4.57 Å². The van der Waals surface area contributed by atoms with E-state index >= 15 is 0 Å². The zero-order valence-electron chi connectivity index (χ0n) is 15.8. The number of hydrogen-bond donors (Lipinski definition) is 3. The molecule has 0 aromatic heterocycles. The molecule has 0 radical (unpaired) electrons. The van der Waals surface area contributed by atoms with E-state index in [0.717, 1.165) is 13.0 Å². The minimum Gasteiger partial charge on any atom is -0.331 e. The first-order chi connectivity index (χ1) is 11.1. The summed E-state index contributed by atoms with van der Waals surface area (Å²) in [5.74, 6) is 0. The van der Waals surface area contributed by atoms with E-state index in [1.54, 1.807) is 19.0 Å². The Kier molecular flexibility index (Phi) is 17.0. The molecule has 24 heavy (non-hydrogen) atoms. The van der Waals surface area contributed by atoms with E-state index < -0.39 is 7.82 Å². The third-order valence-electron chi connectivity index (χ3n) is 3.56. The molecule has 0 unspecified atom stereocenters. The number of unbranched alkanes of at least 4 members (excludes halogenated alkanes) is 9. The predicted molar refractivity (Wildman–Crippen MR) is 97.8 cm³/mol. The molecule has 0 aromatic carbocycles. The fraction of sp³-hybridized carbons (Fsp3) is 0.938. The first-order valence-corrected chi connectivity index (χ1v) is 10.4. The summed E-state index contributed by atoms with van der Waals surface area (Å²) in [4.78, 5) is 36.6. The minimum absolute atomic E-state index is 0.107. The average Bonchev–Trinajstić information content (AvgIpc) is 2.46. The highest BCUT2D eigenvalue weighted by Gasteiger charge is 2.08. The van der Waals surface area contributed by atoms with Crippen molar-refractivity contribution < 1.29 is 24.0 Å². The van der Waals surface area contributed by atoms with E-state index in [9.17, 15) is 4.79 Å². The van der Waals surface area contributed by atoms with Crippen molar-refractivity contribution in [2.45, 2.75) is 71.1 Å². The lowest BCUT2D eigenvalue weighted by Crippen LogP contribution is -2.36. The third kappa shape index (κ3) is 23.6. The van der Waals surface area contributed by atoms with Crippen LogP contribution in [0.2, 0.25) is 0 Å². The van der Waals surface area contributed by atoms with Crippen LogP contribution in [0.1, 0.15) is 71.1 Å². The largest absolute Gasteiger partial charge is 0.466 e. The van der Waals surface area contributed by atoms with Gasteiger partial charge in [0, 0.05) is 27.7 Å². The Hall–Kier alpha value is -0.620. The smallest absolute Gasteiger partial charge is 0.331 e. The Morgan fingerprint density at radius 1 is 0.792 bits per heavy atom. The van der Waals surface area contributed by atoms with Gasteiger partial charge >= 0.3 is 13.9 Å². The van der Waals surface area contributed by atoms with Gasteiger partial charge in [0.15, 0.2) is 0 Å². The van der Waals surface area contributed by atoms with E-state index in [1.807, 2.05) is 11.9 Å². The van der Waals surface area contributed by atoms with Gasteiger partial charge in [-0.3, -0.25) is 0 Å². The minimum atomic E-state index is -4.64. The van der Waals surface area contributed by atoms with Crippen LogP contribution >= 0.6 is 7.82 Å². The molecule has 0 aliphatic heterocycles. The molecule has 0 aliphatic carbocycles. The van der Waals surface area contributed by atoms with Gasteiger partial charge in [-0.05, 0) is 6.42 Å². The van der Waals surface area contributed by atoms with Crippen LogP contribution in [0.25, 0.3) is 0 Å². The zero-order chi connectivity index (χ0) is 19.0. The predicted octanol–water partition coefficient (Wildman–Crippen LogP) is 3.59. The molecule has 0 fully saturated rings. The van der Waals surface area contributed by atoms with Crippen LogP contribution in [-0.4, -0.2) is 58.2 Å². The van der Waals surface area contributed by atoms with Gasteiger partial charge in [-0.15, -0.1) is 0 Å². The van der Waals surface area contributed by atoms with Crippen LogP contribution in [0.3, 0.4) is 0 Å². The normalized spacial score (nSPS) is 10.8. The molecular formula is C16H37N2O5P. The molecule has 0 saturated heterocycles. The molecule has 0 heterocycles. The Balaban J connectivity index is 0. The van der Waals surface area contributed by atoms with Gasteiger partial charge in [-0.2, -0.15) is 0 Å². The number of carbonyl (C=O) groups excluding carboxylic acids is 1. The third-order valence-corrected chi connectivity index (χ3v) is 3.56. The van der Waals surface area contributed by atoms with Crippen molar-refractivity contribution in [3.05, 3.63) is 0 Å². The summed E-state index contributed by atoms with van der Waals surface area (Å²) in [6, 6.07) is 0.107. The second-order valence-electron chi connectivity index (χ2n) is 6.29. The lowest BCUT2D eigenvalue weighted by Gasteiger charge is -2.21. The Morgan fingerprint density at radius 2 is 1.12 bits per heavy atom.